The van der Waals surface area contributed by atoms with Crippen LogP contribution in [0.25, 0.3) is 0 Å². The first-order valence-electron chi connectivity index (χ1n) is 10.4. The van der Waals surface area contributed by atoms with Gasteiger partial charge in [0.05, 0.1) is 27.0 Å². The summed E-state index contributed by atoms with van der Waals surface area (Å²) in [6.07, 6.45) is 7.63. The quantitative estimate of drug-likeness (QED) is 0.561. The molecule has 0 bridgehead atoms. The van der Waals surface area contributed by atoms with Gasteiger partial charge in [-0.05, 0) is 54.9 Å². The lowest BCUT2D eigenvalue weighted by molar-refractivity contribution is 0.299. The Hall–Kier alpha value is -3.00. The minimum atomic E-state index is 0.409. The average Bonchev–Trinajstić information content (AvgIpc) is 3.49. The summed E-state index contributed by atoms with van der Waals surface area (Å²) in [4.78, 5) is 6.91. The molecule has 0 spiro atoms. The van der Waals surface area contributed by atoms with E-state index in [4.69, 9.17) is 26.1 Å². The number of furan rings is 1. The summed E-state index contributed by atoms with van der Waals surface area (Å²) in [5.74, 6) is 4.00. The normalized spacial score (nSPS) is 14.5. The number of hydrogen-bond donors (Lipinski definition) is 1. The van der Waals surface area contributed by atoms with Gasteiger partial charge >= 0.3 is 0 Å². The van der Waals surface area contributed by atoms with Crippen LogP contribution in [0.4, 0.5) is 0 Å². The average molecular weight is 441 g/mol. The van der Waals surface area contributed by atoms with Crippen LogP contribution in [-0.4, -0.2) is 46.9 Å². The van der Waals surface area contributed by atoms with Gasteiger partial charge in [-0.3, -0.25) is 0 Å². The summed E-state index contributed by atoms with van der Waals surface area (Å²) in [7, 11) is 3.34. The van der Waals surface area contributed by atoms with Crippen molar-refractivity contribution in [3.63, 3.8) is 0 Å². The fourth-order valence-electron chi connectivity index (χ4n) is 4.00. The third kappa shape index (κ3) is 5.19. The molecule has 0 saturated carbocycles. The van der Waals surface area contributed by atoms with E-state index in [0.717, 1.165) is 66.2 Å². The smallest absolute Gasteiger partial charge is 0.169 e. The fourth-order valence-corrected chi connectivity index (χ4v) is 4.25. The van der Waals surface area contributed by atoms with Crippen LogP contribution in [0.15, 0.2) is 53.4 Å². The zero-order valence-electron chi connectivity index (χ0n) is 17.9. The molecule has 0 amide bonds. The fraction of sp³-hybridized carbons (Fsp3) is 0.391. The molecule has 1 N–H and O–H groups in total. The third-order valence-corrected chi connectivity index (χ3v) is 6.06. The van der Waals surface area contributed by atoms with Gasteiger partial charge < -0.3 is 28.7 Å². The number of thiocarbonyl (C=S) groups is 1. The van der Waals surface area contributed by atoms with Crippen LogP contribution < -0.4 is 14.8 Å². The first-order valence-corrected chi connectivity index (χ1v) is 10.8. The van der Waals surface area contributed by atoms with E-state index in [1.807, 2.05) is 42.7 Å². The predicted molar refractivity (Wildman–Crippen MR) is 123 cm³/mol. The number of imidazole rings is 1. The molecule has 3 aromatic rings. The van der Waals surface area contributed by atoms with Crippen LogP contribution >= 0.6 is 12.2 Å². The largest absolute Gasteiger partial charge is 0.497 e. The van der Waals surface area contributed by atoms with Crippen molar-refractivity contribution >= 4 is 17.3 Å². The molecule has 1 fully saturated rings. The molecule has 0 unspecified atom stereocenters. The van der Waals surface area contributed by atoms with Gasteiger partial charge in [-0.2, -0.15) is 0 Å². The number of nitrogens with zero attached hydrogens (tertiary/aromatic N) is 3. The summed E-state index contributed by atoms with van der Waals surface area (Å²) < 4.78 is 18.4. The molecule has 1 aliphatic rings. The summed E-state index contributed by atoms with van der Waals surface area (Å²) in [6.45, 7) is 3.16. The topological polar surface area (TPSA) is 64.7 Å². The minimum Gasteiger partial charge on any atom is -0.497 e. The lowest BCUT2D eigenvalue weighted by Crippen LogP contribution is -2.43. The Labute approximate surface area is 188 Å². The Bertz CT molecular complexity index is 972. The van der Waals surface area contributed by atoms with E-state index in [-0.39, 0.29) is 0 Å². The van der Waals surface area contributed by atoms with Crippen LogP contribution in [0.1, 0.15) is 35.9 Å². The second-order valence-electron chi connectivity index (χ2n) is 7.63. The van der Waals surface area contributed by atoms with Crippen molar-refractivity contribution in [2.45, 2.75) is 31.8 Å². The van der Waals surface area contributed by atoms with E-state index in [9.17, 15) is 0 Å². The Morgan fingerprint density at radius 3 is 2.58 bits per heavy atom. The second-order valence-corrected chi connectivity index (χ2v) is 8.02. The third-order valence-electron chi connectivity index (χ3n) is 5.65. The number of aromatic nitrogens is 2. The van der Waals surface area contributed by atoms with Gasteiger partial charge in [-0.1, -0.05) is 0 Å². The van der Waals surface area contributed by atoms with E-state index in [0.29, 0.717) is 12.5 Å². The van der Waals surface area contributed by atoms with Crippen molar-refractivity contribution in [2.75, 3.05) is 27.3 Å². The Kier molecular flexibility index (Phi) is 6.76. The molecule has 0 radical (unpaired) electrons. The van der Waals surface area contributed by atoms with Crippen LogP contribution in [0.5, 0.6) is 11.5 Å². The number of rotatable bonds is 7. The van der Waals surface area contributed by atoms with E-state index in [2.05, 4.69) is 19.8 Å². The zero-order valence-corrected chi connectivity index (χ0v) is 18.7. The molecule has 0 atom stereocenters. The highest BCUT2D eigenvalue weighted by Gasteiger charge is 2.25. The molecule has 4 rings (SSSR count). The van der Waals surface area contributed by atoms with E-state index in [1.54, 1.807) is 20.5 Å². The van der Waals surface area contributed by atoms with Crippen molar-refractivity contribution in [1.82, 2.24) is 19.8 Å². The Morgan fingerprint density at radius 2 is 1.94 bits per heavy atom. The molecule has 1 aromatic carbocycles. The Balaban J connectivity index is 1.36. The number of benzene rings is 1. The van der Waals surface area contributed by atoms with Gasteiger partial charge in [0, 0.05) is 44.0 Å². The van der Waals surface area contributed by atoms with E-state index >= 15 is 0 Å². The zero-order chi connectivity index (χ0) is 21.6. The van der Waals surface area contributed by atoms with E-state index < -0.39 is 0 Å². The van der Waals surface area contributed by atoms with Gasteiger partial charge in [0.15, 0.2) is 5.11 Å². The summed E-state index contributed by atoms with van der Waals surface area (Å²) >= 11 is 5.57. The SMILES string of the molecule is COc1cc(Cn2ccnc2C2CCN(C(=S)NCc3ccco3)CC2)cc(OC)c1. The van der Waals surface area contributed by atoms with Crippen LogP contribution in [0, 0.1) is 0 Å². The highest BCUT2D eigenvalue weighted by molar-refractivity contribution is 7.80. The maximum atomic E-state index is 5.57. The lowest BCUT2D eigenvalue weighted by Gasteiger charge is -2.33. The maximum absolute atomic E-state index is 5.57. The molecule has 7 nitrogen and oxygen atoms in total. The minimum absolute atomic E-state index is 0.409. The highest BCUT2D eigenvalue weighted by atomic mass is 32.1. The molecule has 164 valence electrons. The monoisotopic (exact) mass is 440 g/mol. The maximum Gasteiger partial charge on any atom is 0.169 e. The number of nitrogens with one attached hydrogen (secondary N) is 1. The van der Waals surface area contributed by atoms with Gasteiger partial charge in [-0.15, -0.1) is 0 Å². The summed E-state index contributed by atoms with van der Waals surface area (Å²) in [6, 6.07) is 9.79. The number of ether oxygens (including phenoxy) is 2. The molecular weight excluding hydrogens is 412 g/mol. The lowest BCUT2D eigenvalue weighted by atomic mass is 9.96. The number of methoxy groups -OCH3 is 2. The highest BCUT2D eigenvalue weighted by Crippen LogP contribution is 2.29. The standard InChI is InChI=1S/C23H28N4O3S/c1-28-20-12-17(13-21(14-20)29-2)16-27-10-7-24-22(27)18-5-8-26(9-6-18)23(31)25-15-19-4-3-11-30-19/h3-4,7,10-14,18H,5-6,8-9,15-16H2,1-2H3,(H,25,31). The summed E-state index contributed by atoms with van der Waals surface area (Å²) in [5, 5.41) is 4.07. The number of hydrogen-bond acceptors (Lipinski definition) is 5. The van der Waals surface area contributed by atoms with Crippen molar-refractivity contribution in [1.29, 1.82) is 0 Å². The van der Waals surface area contributed by atoms with Gasteiger partial charge in [0.1, 0.15) is 23.1 Å². The van der Waals surface area contributed by atoms with Crippen molar-refractivity contribution in [3.05, 3.63) is 66.1 Å². The molecule has 8 heteroatoms. The first kappa shape index (κ1) is 21.2. The van der Waals surface area contributed by atoms with Crippen molar-refractivity contribution in [2.24, 2.45) is 0 Å². The predicted octanol–water partition coefficient (Wildman–Crippen LogP) is 3.80. The van der Waals surface area contributed by atoms with E-state index in [1.165, 1.54) is 0 Å². The molecule has 1 saturated heterocycles. The molecule has 0 aliphatic carbocycles. The molecule has 3 heterocycles. The molecule has 2 aromatic heterocycles. The number of likely N-dealkylation sites (tertiary alicyclic amines) is 1. The number of piperidine rings is 1. The molecule has 1 aliphatic heterocycles. The second kappa shape index (κ2) is 9.87. The molecular formula is C23H28N4O3S. The molecule has 31 heavy (non-hydrogen) atoms. The van der Waals surface area contributed by atoms with Crippen LogP contribution in [0.2, 0.25) is 0 Å². The first-order chi connectivity index (χ1) is 15.2. The Morgan fingerprint density at radius 1 is 1.19 bits per heavy atom. The van der Waals surface area contributed by atoms with Crippen molar-refractivity contribution < 1.29 is 13.9 Å². The van der Waals surface area contributed by atoms with Gasteiger partial charge in [-0.25, -0.2) is 4.98 Å². The van der Waals surface area contributed by atoms with Crippen molar-refractivity contribution in [3.8, 4) is 11.5 Å². The van der Waals surface area contributed by atoms with Gasteiger partial charge in [0.2, 0.25) is 0 Å². The van der Waals surface area contributed by atoms with Gasteiger partial charge in [0.25, 0.3) is 0 Å². The van der Waals surface area contributed by atoms with Crippen LogP contribution in [-0.2, 0) is 13.1 Å². The van der Waals surface area contributed by atoms with Crippen LogP contribution in [0.3, 0.4) is 0 Å². The summed E-state index contributed by atoms with van der Waals surface area (Å²) in [5.41, 5.74) is 1.12.